The highest BCUT2D eigenvalue weighted by atomic mass is 28.3. The van der Waals surface area contributed by atoms with Crippen LogP contribution in [0.4, 0.5) is 0 Å². The van der Waals surface area contributed by atoms with Gasteiger partial charge in [-0.2, -0.15) is 0 Å². The van der Waals surface area contributed by atoms with Crippen LogP contribution in [0.25, 0.3) is 0 Å². The van der Waals surface area contributed by atoms with E-state index < -0.39 is 8.07 Å². The maximum Gasteiger partial charge on any atom is 0.0882 e. The second kappa shape index (κ2) is 4.14. The number of hydrogen-bond donors (Lipinski definition) is 1. The van der Waals surface area contributed by atoms with Gasteiger partial charge in [0.25, 0.3) is 0 Å². The topological polar surface area (TPSA) is 20.2 Å². The van der Waals surface area contributed by atoms with Crippen LogP contribution in [0.1, 0.15) is 27.2 Å². The molecule has 2 heteroatoms. The van der Waals surface area contributed by atoms with E-state index in [0.29, 0.717) is 17.2 Å². The zero-order valence-corrected chi connectivity index (χ0v) is 10.5. The maximum absolute atomic E-state index is 9.57. The third-order valence-electron chi connectivity index (χ3n) is 2.81. The van der Waals surface area contributed by atoms with Gasteiger partial charge in [0, 0.05) is 6.42 Å². The van der Waals surface area contributed by atoms with Crippen LogP contribution < -0.4 is 0 Å². The summed E-state index contributed by atoms with van der Waals surface area (Å²) in [6.07, 6.45) is 2.32. The predicted molar refractivity (Wildman–Crippen MR) is 62.7 cm³/mol. The summed E-state index contributed by atoms with van der Waals surface area (Å²) >= 11 is 0. The van der Waals surface area contributed by atoms with Gasteiger partial charge in [-0.3, -0.25) is 0 Å². The first-order valence-electron chi connectivity index (χ1n) is 4.72. The number of aliphatic hydroxyl groups is 1. The Bertz CT molecular complexity index is 209. The van der Waals surface area contributed by atoms with Crippen molar-refractivity contribution < 1.29 is 5.11 Å². The second-order valence-corrected chi connectivity index (χ2v) is 10.3. The van der Waals surface area contributed by atoms with Crippen molar-refractivity contribution in [3.8, 4) is 0 Å². The fourth-order valence-electron chi connectivity index (χ4n) is 0.840. The monoisotopic (exact) mass is 198 g/mol. The zero-order valence-electron chi connectivity index (χ0n) is 9.52. The van der Waals surface area contributed by atoms with Gasteiger partial charge in [-0.15, -0.1) is 6.58 Å². The molecule has 0 aromatic carbocycles. The molecule has 0 unspecified atom stereocenters. The molecule has 0 amide bonds. The third-order valence-corrected chi connectivity index (χ3v) is 7.73. The van der Waals surface area contributed by atoms with Gasteiger partial charge < -0.3 is 5.11 Å². The Balaban J connectivity index is 4.66. The van der Waals surface area contributed by atoms with Crippen molar-refractivity contribution in [3.05, 3.63) is 24.1 Å². The number of hydrogen-bond acceptors (Lipinski definition) is 1. The minimum absolute atomic E-state index is 0.294. The van der Waals surface area contributed by atoms with E-state index in [9.17, 15) is 5.11 Å². The Morgan fingerprint density at radius 1 is 1.38 bits per heavy atom. The molecule has 0 spiro atoms. The van der Waals surface area contributed by atoms with Gasteiger partial charge in [-0.05, 0) is 5.04 Å². The molecule has 0 saturated heterocycles. The smallest absolute Gasteiger partial charge is 0.0882 e. The molecular weight excluding hydrogens is 176 g/mol. The Morgan fingerprint density at radius 2 is 1.85 bits per heavy atom. The molecule has 13 heavy (non-hydrogen) atoms. The van der Waals surface area contributed by atoms with E-state index in [1.54, 1.807) is 6.08 Å². The summed E-state index contributed by atoms with van der Waals surface area (Å²) in [5.41, 5.74) is 2.06. The molecule has 0 atom stereocenters. The van der Waals surface area contributed by atoms with Crippen LogP contribution >= 0.6 is 0 Å². The summed E-state index contributed by atoms with van der Waals surface area (Å²) in [6.45, 7) is 14.8. The molecule has 0 aromatic heterocycles. The summed E-state index contributed by atoms with van der Waals surface area (Å²) in [4.78, 5) is 0. The van der Waals surface area contributed by atoms with Crippen LogP contribution in [0.5, 0.6) is 0 Å². The van der Waals surface area contributed by atoms with Gasteiger partial charge in [0.05, 0.1) is 13.8 Å². The molecule has 0 radical (unpaired) electrons. The highest BCUT2D eigenvalue weighted by Gasteiger charge is 2.33. The molecular formula is C11H22OSi. The zero-order chi connectivity index (χ0) is 10.7. The van der Waals surface area contributed by atoms with Crippen LogP contribution in [0.3, 0.4) is 0 Å². The molecule has 76 valence electrons. The lowest BCUT2D eigenvalue weighted by Gasteiger charge is -2.34. The summed E-state index contributed by atoms with van der Waals surface area (Å²) in [6, 6.07) is 0. The molecule has 0 aliphatic rings. The van der Waals surface area contributed by atoms with E-state index in [-0.39, 0.29) is 0 Å². The minimum Gasteiger partial charge on any atom is -0.513 e. The second-order valence-electron chi connectivity index (χ2n) is 5.10. The van der Waals surface area contributed by atoms with Crippen molar-refractivity contribution in [1.29, 1.82) is 0 Å². The van der Waals surface area contributed by atoms with E-state index in [0.717, 1.165) is 0 Å². The average Bonchev–Trinajstić information content (AvgIpc) is 1.83. The van der Waals surface area contributed by atoms with Crippen LogP contribution in [0.15, 0.2) is 24.1 Å². The van der Waals surface area contributed by atoms with Crippen molar-refractivity contribution in [2.24, 2.45) is 0 Å². The van der Waals surface area contributed by atoms with Crippen LogP contribution in [0, 0.1) is 0 Å². The molecule has 0 aromatic rings. The maximum atomic E-state index is 9.57. The summed E-state index contributed by atoms with van der Waals surface area (Å²) in [5, 5.41) is 9.87. The Labute approximate surface area is 83.2 Å². The fourth-order valence-corrected chi connectivity index (χ4v) is 2.22. The SMILES string of the molecule is C=CCC(O)=C[Si](C)(C)C(C)(C)C. The average molecular weight is 198 g/mol. The van der Waals surface area contributed by atoms with Crippen LogP contribution in [-0.4, -0.2) is 13.2 Å². The first kappa shape index (κ1) is 12.5. The molecule has 0 aliphatic carbocycles. The van der Waals surface area contributed by atoms with E-state index >= 15 is 0 Å². The van der Waals surface area contributed by atoms with Gasteiger partial charge in [0.15, 0.2) is 0 Å². The minimum atomic E-state index is -1.47. The summed E-state index contributed by atoms with van der Waals surface area (Å²) < 4.78 is 0. The lowest BCUT2D eigenvalue weighted by Crippen LogP contribution is -2.35. The van der Waals surface area contributed by atoms with Crippen molar-refractivity contribution >= 4 is 8.07 Å². The van der Waals surface area contributed by atoms with Gasteiger partial charge in [-0.1, -0.05) is 45.6 Å². The first-order chi connectivity index (χ1) is 5.70. The molecule has 0 heterocycles. The third kappa shape index (κ3) is 3.81. The van der Waals surface area contributed by atoms with E-state index in [4.69, 9.17) is 0 Å². The highest BCUT2D eigenvalue weighted by Crippen LogP contribution is 2.37. The fraction of sp³-hybridized carbons (Fsp3) is 0.636. The lowest BCUT2D eigenvalue weighted by atomic mass is 10.2. The number of aliphatic hydroxyl groups excluding tert-OH is 1. The number of rotatable bonds is 3. The summed E-state index contributed by atoms with van der Waals surface area (Å²) in [5.74, 6) is 0.474. The van der Waals surface area contributed by atoms with E-state index in [1.165, 1.54) is 0 Å². The first-order valence-corrected chi connectivity index (χ1v) is 7.80. The molecule has 1 N–H and O–H groups in total. The van der Waals surface area contributed by atoms with Gasteiger partial charge in [-0.25, -0.2) is 0 Å². The van der Waals surface area contributed by atoms with Crippen LogP contribution in [0.2, 0.25) is 18.1 Å². The molecule has 1 nitrogen and oxygen atoms in total. The largest absolute Gasteiger partial charge is 0.513 e. The van der Waals surface area contributed by atoms with Gasteiger partial charge in [0.1, 0.15) is 0 Å². The Kier molecular flexibility index (Phi) is 3.98. The Hall–Kier alpha value is -0.503. The van der Waals surface area contributed by atoms with Crippen molar-refractivity contribution in [2.75, 3.05) is 0 Å². The van der Waals surface area contributed by atoms with Gasteiger partial charge >= 0.3 is 0 Å². The standard InChI is InChI=1S/C11H22OSi/c1-7-8-10(12)9-13(5,6)11(2,3)4/h7,9,12H,1,8H2,2-6H3. The highest BCUT2D eigenvalue weighted by molar-refractivity contribution is 6.84. The number of allylic oxidation sites excluding steroid dienone is 1. The molecule has 0 rings (SSSR count). The Morgan fingerprint density at radius 3 is 2.15 bits per heavy atom. The van der Waals surface area contributed by atoms with E-state index in [2.05, 4.69) is 46.1 Å². The van der Waals surface area contributed by atoms with Crippen molar-refractivity contribution in [2.45, 2.75) is 45.3 Å². The molecule has 0 bridgehead atoms. The van der Waals surface area contributed by atoms with Gasteiger partial charge in [0.2, 0.25) is 0 Å². The van der Waals surface area contributed by atoms with Crippen molar-refractivity contribution in [1.82, 2.24) is 0 Å². The predicted octanol–water partition coefficient (Wildman–Crippen LogP) is 4.05. The lowest BCUT2D eigenvalue weighted by molar-refractivity contribution is 0.402. The summed E-state index contributed by atoms with van der Waals surface area (Å²) in [7, 11) is -1.47. The van der Waals surface area contributed by atoms with Crippen LogP contribution in [-0.2, 0) is 0 Å². The normalized spacial score (nSPS) is 14.4. The molecule has 0 aliphatic heterocycles. The van der Waals surface area contributed by atoms with E-state index in [1.807, 2.05) is 0 Å². The molecule has 0 fully saturated rings. The van der Waals surface area contributed by atoms with Crippen molar-refractivity contribution in [3.63, 3.8) is 0 Å². The quantitative estimate of drug-likeness (QED) is 0.412. The molecule has 0 saturated carbocycles.